The first-order valence-electron chi connectivity index (χ1n) is 7.36. The van der Waals surface area contributed by atoms with Crippen molar-refractivity contribution in [3.8, 4) is 17.2 Å². The molecule has 130 valence electrons. The number of benzene rings is 2. The van der Waals surface area contributed by atoms with Crippen LogP contribution in [-0.2, 0) is 0 Å². The highest BCUT2D eigenvalue weighted by atomic mass is 16.5. The van der Waals surface area contributed by atoms with Gasteiger partial charge in [-0.3, -0.25) is 4.79 Å². The van der Waals surface area contributed by atoms with Crippen molar-refractivity contribution in [2.75, 3.05) is 21.3 Å². The van der Waals surface area contributed by atoms with Gasteiger partial charge in [-0.2, -0.15) is 0 Å². The van der Waals surface area contributed by atoms with Crippen molar-refractivity contribution >= 4 is 27.7 Å². The van der Waals surface area contributed by atoms with E-state index < -0.39 is 5.97 Å². The molecule has 1 heterocycles. The third kappa shape index (κ3) is 2.44. The fourth-order valence-corrected chi connectivity index (χ4v) is 2.99. The number of aromatic carboxylic acids is 1. The molecule has 3 aromatic rings. The van der Waals surface area contributed by atoms with Crippen LogP contribution < -0.4 is 19.6 Å². The second-order valence-corrected chi connectivity index (χ2v) is 5.39. The Bertz CT molecular complexity index is 1060. The number of aryl methyl sites for hydroxylation is 1. The molecular formula is C18H16O7. The average molecular weight is 344 g/mol. The first kappa shape index (κ1) is 16.6. The second-order valence-electron chi connectivity index (χ2n) is 5.39. The van der Waals surface area contributed by atoms with Gasteiger partial charge in [0.05, 0.1) is 26.7 Å². The third-order valence-electron chi connectivity index (χ3n) is 3.98. The number of hydrogen-bond acceptors (Lipinski definition) is 6. The molecule has 0 aliphatic heterocycles. The summed E-state index contributed by atoms with van der Waals surface area (Å²) in [7, 11) is 4.21. The van der Waals surface area contributed by atoms with Crippen LogP contribution in [0.4, 0.5) is 0 Å². The largest absolute Gasteiger partial charge is 0.496 e. The van der Waals surface area contributed by atoms with Crippen molar-refractivity contribution in [1.29, 1.82) is 0 Å². The molecule has 1 aromatic heterocycles. The van der Waals surface area contributed by atoms with E-state index in [4.69, 9.17) is 18.6 Å². The SMILES string of the molecule is COc1cc(OC)c2c(OC)c3c(=O)cc(C)oc3cc2c1C(=O)O. The number of ether oxygens (including phenoxy) is 3. The molecule has 7 nitrogen and oxygen atoms in total. The molecule has 3 rings (SSSR count). The minimum absolute atomic E-state index is 0.0670. The highest BCUT2D eigenvalue weighted by molar-refractivity contribution is 6.15. The van der Waals surface area contributed by atoms with Crippen LogP contribution in [0, 0.1) is 6.92 Å². The molecule has 0 saturated heterocycles. The molecule has 0 amide bonds. The summed E-state index contributed by atoms with van der Waals surface area (Å²) < 4.78 is 21.6. The van der Waals surface area contributed by atoms with E-state index in [1.165, 1.54) is 39.5 Å². The smallest absolute Gasteiger partial charge is 0.340 e. The molecule has 0 aliphatic rings. The van der Waals surface area contributed by atoms with Gasteiger partial charge in [0.15, 0.2) is 5.43 Å². The Morgan fingerprint density at radius 1 is 1.00 bits per heavy atom. The van der Waals surface area contributed by atoms with E-state index in [0.717, 1.165) is 0 Å². The molecule has 0 radical (unpaired) electrons. The van der Waals surface area contributed by atoms with Crippen LogP contribution in [0.5, 0.6) is 17.2 Å². The van der Waals surface area contributed by atoms with Gasteiger partial charge < -0.3 is 23.7 Å². The lowest BCUT2D eigenvalue weighted by molar-refractivity contribution is 0.0695. The van der Waals surface area contributed by atoms with Gasteiger partial charge in [-0.25, -0.2) is 4.79 Å². The standard InChI is InChI=1S/C18H16O7/c1-8-5-10(19)16-13(25-8)6-9-14(17(16)24-4)11(22-2)7-12(23-3)15(9)18(20)21/h5-7H,1-4H3,(H,20,21). The Labute approximate surface area is 142 Å². The van der Waals surface area contributed by atoms with Crippen LogP contribution in [0.1, 0.15) is 16.1 Å². The van der Waals surface area contributed by atoms with Gasteiger partial charge in [0, 0.05) is 17.5 Å². The molecule has 25 heavy (non-hydrogen) atoms. The van der Waals surface area contributed by atoms with E-state index in [0.29, 0.717) is 22.3 Å². The van der Waals surface area contributed by atoms with Crippen molar-refractivity contribution in [2.24, 2.45) is 0 Å². The Balaban J connectivity index is 2.69. The number of carbonyl (C=O) groups is 1. The van der Waals surface area contributed by atoms with Crippen molar-refractivity contribution in [3.63, 3.8) is 0 Å². The monoisotopic (exact) mass is 344 g/mol. The summed E-state index contributed by atoms with van der Waals surface area (Å²) in [6.45, 7) is 1.64. The van der Waals surface area contributed by atoms with Gasteiger partial charge in [0.1, 0.15) is 39.5 Å². The first-order chi connectivity index (χ1) is 11.9. The minimum atomic E-state index is -1.18. The highest BCUT2D eigenvalue weighted by Gasteiger charge is 2.25. The van der Waals surface area contributed by atoms with Gasteiger partial charge in [0.2, 0.25) is 0 Å². The zero-order chi connectivity index (χ0) is 18.3. The van der Waals surface area contributed by atoms with E-state index in [1.54, 1.807) is 6.92 Å². The average Bonchev–Trinajstić information content (AvgIpc) is 2.57. The molecule has 0 fully saturated rings. The minimum Gasteiger partial charge on any atom is -0.496 e. The molecule has 0 aliphatic carbocycles. The topological polar surface area (TPSA) is 95.2 Å². The highest BCUT2D eigenvalue weighted by Crippen LogP contribution is 2.44. The third-order valence-corrected chi connectivity index (χ3v) is 3.98. The van der Waals surface area contributed by atoms with Crippen molar-refractivity contribution in [3.05, 3.63) is 39.7 Å². The van der Waals surface area contributed by atoms with E-state index >= 15 is 0 Å². The number of carboxylic acids is 1. The second kappa shape index (κ2) is 6.01. The van der Waals surface area contributed by atoms with Gasteiger partial charge in [0.25, 0.3) is 0 Å². The number of methoxy groups -OCH3 is 3. The fourth-order valence-electron chi connectivity index (χ4n) is 2.99. The van der Waals surface area contributed by atoms with E-state index in [9.17, 15) is 14.7 Å². The molecule has 0 bridgehead atoms. The summed E-state index contributed by atoms with van der Waals surface area (Å²) in [5.41, 5.74) is -0.123. The van der Waals surface area contributed by atoms with Gasteiger partial charge in [-0.15, -0.1) is 0 Å². The summed E-state index contributed by atoms with van der Waals surface area (Å²) in [6.07, 6.45) is 0. The predicted octanol–water partition coefficient (Wildman–Crippen LogP) is 2.98. The molecule has 2 aromatic carbocycles. The van der Waals surface area contributed by atoms with Crippen LogP contribution in [-0.4, -0.2) is 32.4 Å². The van der Waals surface area contributed by atoms with Crippen molar-refractivity contribution in [1.82, 2.24) is 0 Å². The lowest BCUT2D eigenvalue weighted by atomic mass is 9.98. The molecule has 7 heteroatoms. The predicted molar refractivity (Wildman–Crippen MR) is 91.3 cm³/mol. The maximum atomic E-state index is 12.4. The molecular weight excluding hydrogens is 328 g/mol. The molecule has 1 N–H and O–H groups in total. The van der Waals surface area contributed by atoms with Crippen LogP contribution in [0.15, 0.2) is 27.4 Å². The van der Waals surface area contributed by atoms with Gasteiger partial charge in [-0.05, 0) is 13.0 Å². The van der Waals surface area contributed by atoms with Crippen LogP contribution in [0.2, 0.25) is 0 Å². The Morgan fingerprint density at radius 2 is 1.68 bits per heavy atom. The Hall–Kier alpha value is -3.22. The summed E-state index contributed by atoms with van der Waals surface area (Å²) in [5, 5.41) is 10.5. The summed E-state index contributed by atoms with van der Waals surface area (Å²) >= 11 is 0. The number of carboxylic acid groups (broad SMARTS) is 1. The number of rotatable bonds is 4. The summed E-state index contributed by atoms with van der Waals surface area (Å²) in [4.78, 5) is 24.3. The first-order valence-corrected chi connectivity index (χ1v) is 7.36. The van der Waals surface area contributed by atoms with Crippen molar-refractivity contribution in [2.45, 2.75) is 6.92 Å². The molecule has 0 unspecified atom stereocenters. The van der Waals surface area contributed by atoms with Crippen molar-refractivity contribution < 1.29 is 28.5 Å². The summed E-state index contributed by atoms with van der Waals surface area (Å²) in [5.74, 6) is -0.112. The zero-order valence-corrected chi connectivity index (χ0v) is 14.1. The van der Waals surface area contributed by atoms with Crippen LogP contribution in [0.25, 0.3) is 21.7 Å². The molecule has 0 atom stereocenters. The molecule has 0 saturated carbocycles. The summed E-state index contributed by atoms with van der Waals surface area (Å²) in [6, 6.07) is 4.30. The fraction of sp³-hybridized carbons (Fsp3) is 0.222. The maximum absolute atomic E-state index is 12.4. The van der Waals surface area contributed by atoms with E-state index in [1.807, 2.05) is 0 Å². The van der Waals surface area contributed by atoms with Crippen LogP contribution >= 0.6 is 0 Å². The Morgan fingerprint density at radius 3 is 2.24 bits per heavy atom. The lowest BCUT2D eigenvalue weighted by Gasteiger charge is -2.16. The lowest BCUT2D eigenvalue weighted by Crippen LogP contribution is -2.07. The quantitative estimate of drug-likeness (QED) is 0.727. The maximum Gasteiger partial charge on any atom is 0.340 e. The van der Waals surface area contributed by atoms with E-state index in [2.05, 4.69) is 0 Å². The van der Waals surface area contributed by atoms with Gasteiger partial charge in [-0.1, -0.05) is 0 Å². The van der Waals surface area contributed by atoms with E-state index in [-0.39, 0.29) is 33.5 Å². The number of hydrogen-bond donors (Lipinski definition) is 1. The number of fused-ring (bicyclic) bond motifs is 2. The zero-order valence-electron chi connectivity index (χ0n) is 14.1. The molecule has 0 spiro atoms. The Kier molecular flexibility index (Phi) is 4.00. The normalized spacial score (nSPS) is 10.9. The van der Waals surface area contributed by atoms with Crippen LogP contribution in [0.3, 0.4) is 0 Å². The van der Waals surface area contributed by atoms with Gasteiger partial charge >= 0.3 is 5.97 Å².